The van der Waals surface area contributed by atoms with Crippen molar-refractivity contribution in [3.05, 3.63) is 45.6 Å². The van der Waals surface area contributed by atoms with Crippen LogP contribution in [0.4, 0.5) is 0 Å². The summed E-state index contributed by atoms with van der Waals surface area (Å²) in [7, 11) is 1.56. The second-order valence-electron chi connectivity index (χ2n) is 4.39. The zero-order valence-electron chi connectivity index (χ0n) is 12.0. The van der Waals surface area contributed by atoms with E-state index in [1.807, 2.05) is 0 Å². The highest BCUT2D eigenvalue weighted by molar-refractivity contribution is 7.11. The highest BCUT2D eigenvalue weighted by Gasteiger charge is 2.07. The molecular formula is C15H18N2O3S. The Morgan fingerprint density at radius 3 is 2.57 bits per heavy atom. The topological polar surface area (TPSA) is 77.1 Å². The van der Waals surface area contributed by atoms with Gasteiger partial charge in [-0.2, -0.15) is 0 Å². The van der Waals surface area contributed by atoms with Crippen molar-refractivity contribution in [2.24, 2.45) is 10.9 Å². The molecule has 0 saturated heterocycles. The lowest BCUT2D eigenvalue weighted by atomic mass is 10.2. The molecule has 0 atom stereocenters. The Morgan fingerprint density at radius 2 is 1.95 bits per heavy atom. The van der Waals surface area contributed by atoms with E-state index in [0.717, 1.165) is 11.3 Å². The van der Waals surface area contributed by atoms with Crippen molar-refractivity contribution in [2.45, 2.75) is 20.0 Å². The van der Waals surface area contributed by atoms with Crippen LogP contribution in [0, 0.1) is 0 Å². The Labute approximate surface area is 127 Å². The molecule has 2 aromatic rings. The Morgan fingerprint density at radius 1 is 1.24 bits per heavy atom. The van der Waals surface area contributed by atoms with Gasteiger partial charge in [-0.15, -0.1) is 11.3 Å². The standard InChI is InChI=1S/C15H18N2O3S/c1-3-13-4-5-14(21-13)9-20-12-7-10(15(16)17-18)6-11(8-12)19-2/h4-8,18H,3,9H2,1-2H3,(H2,16,17). The van der Waals surface area contributed by atoms with E-state index < -0.39 is 0 Å². The van der Waals surface area contributed by atoms with Gasteiger partial charge >= 0.3 is 0 Å². The lowest BCUT2D eigenvalue weighted by Gasteiger charge is -2.09. The minimum Gasteiger partial charge on any atom is -0.497 e. The molecule has 112 valence electrons. The van der Waals surface area contributed by atoms with Crippen molar-refractivity contribution in [2.75, 3.05) is 7.11 Å². The number of benzene rings is 1. The lowest BCUT2D eigenvalue weighted by molar-refractivity contribution is 0.306. The van der Waals surface area contributed by atoms with Crippen LogP contribution in [0.25, 0.3) is 0 Å². The van der Waals surface area contributed by atoms with Gasteiger partial charge in [0, 0.05) is 21.4 Å². The molecule has 0 bridgehead atoms. The van der Waals surface area contributed by atoms with E-state index in [4.69, 9.17) is 20.4 Å². The van der Waals surface area contributed by atoms with Gasteiger partial charge in [-0.25, -0.2) is 0 Å². The van der Waals surface area contributed by atoms with Gasteiger partial charge in [0.05, 0.1) is 7.11 Å². The first-order valence-corrected chi connectivity index (χ1v) is 7.35. The van der Waals surface area contributed by atoms with Crippen molar-refractivity contribution >= 4 is 17.2 Å². The average Bonchev–Trinajstić information content (AvgIpc) is 2.99. The van der Waals surface area contributed by atoms with Crippen molar-refractivity contribution in [1.29, 1.82) is 0 Å². The number of hydrogen-bond donors (Lipinski definition) is 2. The van der Waals surface area contributed by atoms with E-state index in [2.05, 4.69) is 24.2 Å². The third kappa shape index (κ3) is 3.88. The van der Waals surface area contributed by atoms with E-state index in [9.17, 15) is 0 Å². The van der Waals surface area contributed by atoms with Gasteiger partial charge in [-0.3, -0.25) is 0 Å². The fraction of sp³-hybridized carbons (Fsp3) is 0.267. The first-order valence-electron chi connectivity index (χ1n) is 6.53. The zero-order valence-corrected chi connectivity index (χ0v) is 12.8. The second kappa shape index (κ2) is 6.99. The molecule has 0 aliphatic heterocycles. The molecule has 0 unspecified atom stereocenters. The number of hydrogen-bond acceptors (Lipinski definition) is 5. The molecule has 0 radical (unpaired) electrons. The lowest BCUT2D eigenvalue weighted by Crippen LogP contribution is -2.13. The van der Waals surface area contributed by atoms with E-state index >= 15 is 0 Å². The first-order chi connectivity index (χ1) is 10.2. The number of ether oxygens (including phenoxy) is 2. The summed E-state index contributed by atoms with van der Waals surface area (Å²) in [6.45, 7) is 2.61. The summed E-state index contributed by atoms with van der Waals surface area (Å²) in [5, 5.41) is 11.8. The Hall–Kier alpha value is -2.21. The minimum absolute atomic E-state index is 0.0168. The van der Waals surface area contributed by atoms with Crippen LogP contribution in [0.1, 0.15) is 22.2 Å². The number of nitrogens with zero attached hydrogens (tertiary/aromatic N) is 1. The number of aryl methyl sites for hydroxylation is 1. The van der Waals surface area contributed by atoms with Crippen LogP contribution in [0.2, 0.25) is 0 Å². The number of thiophene rings is 1. The third-order valence-electron chi connectivity index (χ3n) is 2.97. The van der Waals surface area contributed by atoms with Crippen molar-refractivity contribution in [1.82, 2.24) is 0 Å². The normalized spacial score (nSPS) is 11.4. The summed E-state index contributed by atoms with van der Waals surface area (Å²) in [5.41, 5.74) is 6.15. The molecule has 6 heteroatoms. The fourth-order valence-corrected chi connectivity index (χ4v) is 2.69. The average molecular weight is 306 g/mol. The van der Waals surface area contributed by atoms with E-state index in [1.54, 1.807) is 36.6 Å². The molecule has 0 saturated carbocycles. The molecule has 2 rings (SSSR count). The van der Waals surface area contributed by atoms with Crippen molar-refractivity contribution < 1.29 is 14.7 Å². The Balaban J connectivity index is 2.15. The number of methoxy groups -OCH3 is 1. The monoisotopic (exact) mass is 306 g/mol. The molecule has 0 fully saturated rings. The maximum atomic E-state index is 8.76. The van der Waals surface area contributed by atoms with Gasteiger partial charge in [-0.1, -0.05) is 12.1 Å². The van der Waals surface area contributed by atoms with E-state index in [1.165, 1.54) is 4.88 Å². The smallest absolute Gasteiger partial charge is 0.170 e. The molecule has 0 amide bonds. The first kappa shape index (κ1) is 15.2. The van der Waals surface area contributed by atoms with E-state index in [0.29, 0.717) is 23.7 Å². The largest absolute Gasteiger partial charge is 0.497 e. The van der Waals surface area contributed by atoms with Gasteiger partial charge in [0.1, 0.15) is 18.1 Å². The highest BCUT2D eigenvalue weighted by atomic mass is 32.1. The van der Waals surface area contributed by atoms with Crippen LogP contribution in [0.5, 0.6) is 11.5 Å². The zero-order chi connectivity index (χ0) is 15.2. The summed E-state index contributed by atoms with van der Waals surface area (Å²) in [6, 6.07) is 9.33. The summed E-state index contributed by atoms with van der Waals surface area (Å²) in [4.78, 5) is 2.48. The van der Waals surface area contributed by atoms with Gasteiger partial charge in [0.2, 0.25) is 0 Å². The van der Waals surface area contributed by atoms with Crippen molar-refractivity contribution in [3.63, 3.8) is 0 Å². The highest BCUT2D eigenvalue weighted by Crippen LogP contribution is 2.25. The van der Waals surface area contributed by atoms with Crippen LogP contribution >= 0.6 is 11.3 Å². The van der Waals surface area contributed by atoms with Gasteiger partial charge in [0.25, 0.3) is 0 Å². The Bertz CT molecular complexity index is 638. The van der Waals surface area contributed by atoms with Crippen LogP contribution in [-0.2, 0) is 13.0 Å². The molecule has 1 aromatic carbocycles. The SMILES string of the molecule is CCc1ccc(COc2cc(OC)cc(/C(N)=N/O)c2)s1. The summed E-state index contributed by atoms with van der Waals surface area (Å²) in [5.74, 6) is 1.22. The number of amidine groups is 1. The quantitative estimate of drug-likeness (QED) is 0.372. The van der Waals surface area contributed by atoms with Crippen molar-refractivity contribution in [3.8, 4) is 11.5 Å². The predicted molar refractivity (Wildman–Crippen MR) is 83.5 cm³/mol. The molecular weight excluding hydrogens is 288 g/mol. The minimum atomic E-state index is 0.0168. The second-order valence-corrected chi connectivity index (χ2v) is 5.65. The number of oxime groups is 1. The number of rotatable bonds is 6. The van der Waals surface area contributed by atoms with E-state index in [-0.39, 0.29) is 5.84 Å². The molecule has 3 N–H and O–H groups in total. The van der Waals surface area contributed by atoms with Crippen LogP contribution in [-0.4, -0.2) is 18.2 Å². The number of nitrogens with two attached hydrogens (primary N) is 1. The Kier molecular flexibility index (Phi) is 5.05. The van der Waals surface area contributed by atoms with Gasteiger partial charge in [0.15, 0.2) is 5.84 Å². The van der Waals surface area contributed by atoms with Gasteiger partial charge < -0.3 is 20.4 Å². The van der Waals surface area contributed by atoms with Crippen LogP contribution in [0.15, 0.2) is 35.5 Å². The fourth-order valence-electron chi connectivity index (χ4n) is 1.82. The molecule has 1 heterocycles. The molecule has 21 heavy (non-hydrogen) atoms. The maximum absolute atomic E-state index is 8.76. The third-order valence-corrected chi connectivity index (χ3v) is 4.17. The summed E-state index contributed by atoms with van der Waals surface area (Å²) in [6.07, 6.45) is 1.03. The summed E-state index contributed by atoms with van der Waals surface area (Å²) < 4.78 is 11.0. The van der Waals surface area contributed by atoms with Gasteiger partial charge in [-0.05, 0) is 30.7 Å². The maximum Gasteiger partial charge on any atom is 0.170 e. The summed E-state index contributed by atoms with van der Waals surface area (Å²) >= 11 is 1.73. The molecule has 5 nitrogen and oxygen atoms in total. The molecule has 0 aliphatic carbocycles. The molecule has 1 aromatic heterocycles. The predicted octanol–water partition coefficient (Wildman–Crippen LogP) is 2.99. The van der Waals surface area contributed by atoms with Crippen LogP contribution in [0.3, 0.4) is 0 Å². The molecule has 0 spiro atoms. The van der Waals surface area contributed by atoms with Crippen LogP contribution < -0.4 is 15.2 Å². The molecule has 0 aliphatic rings.